The van der Waals surface area contributed by atoms with Crippen LogP contribution < -0.4 is 20.1 Å². The monoisotopic (exact) mass is 515 g/mol. The first-order valence-corrected chi connectivity index (χ1v) is 10.7. The molecule has 0 spiro atoms. The van der Waals surface area contributed by atoms with Gasteiger partial charge in [-0.1, -0.05) is 35.3 Å². The number of anilines is 1. The Morgan fingerprint density at radius 1 is 0.943 bits per heavy atom. The number of nitro benzene ring substituents is 1. The second-order valence-electron chi connectivity index (χ2n) is 7.01. The lowest BCUT2D eigenvalue weighted by molar-refractivity contribution is -0.384. The predicted octanol–water partition coefficient (Wildman–Crippen LogP) is 5.33. The van der Waals surface area contributed by atoms with Crippen molar-refractivity contribution >= 4 is 52.5 Å². The maximum atomic E-state index is 13.2. The number of nitrogens with one attached hydrogen (secondary N) is 2. The number of rotatable bonds is 8. The molecule has 180 valence electrons. The quantitative estimate of drug-likeness (QED) is 0.237. The first-order valence-electron chi connectivity index (χ1n) is 9.97. The summed E-state index contributed by atoms with van der Waals surface area (Å²) in [6.45, 7) is 0. The fourth-order valence-electron chi connectivity index (χ4n) is 3.07. The van der Waals surface area contributed by atoms with Crippen molar-refractivity contribution in [2.24, 2.45) is 0 Å². The highest BCUT2D eigenvalue weighted by Crippen LogP contribution is 2.28. The molecule has 0 radical (unpaired) electrons. The van der Waals surface area contributed by atoms with E-state index in [4.69, 9.17) is 32.7 Å². The van der Waals surface area contributed by atoms with Gasteiger partial charge < -0.3 is 20.1 Å². The van der Waals surface area contributed by atoms with Crippen molar-refractivity contribution in [3.8, 4) is 11.5 Å². The van der Waals surface area contributed by atoms with Gasteiger partial charge >= 0.3 is 0 Å². The van der Waals surface area contributed by atoms with Gasteiger partial charge in [-0.15, -0.1) is 0 Å². The average molecular weight is 516 g/mol. The SMILES string of the molecule is COc1ccc(Cl)cc1NC(=O)C(=Cc1cccc([N+](=O)[O-])c1)NC(=O)c1cc(Cl)ccc1OC. The van der Waals surface area contributed by atoms with Gasteiger partial charge in [-0.3, -0.25) is 19.7 Å². The van der Waals surface area contributed by atoms with Gasteiger partial charge in [0.1, 0.15) is 17.2 Å². The molecule has 2 N–H and O–H groups in total. The van der Waals surface area contributed by atoms with Crippen molar-refractivity contribution in [1.29, 1.82) is 0 Å². The maximum absolute atomic E-state index is 13.2. The number of hydrogen-bond acceptors (Lipinski definition) is 6. The third-order valence-corrected chi connectivity index (χ3v) is 5.17. The number of amides is 2. The first-order chi connectivity index (χ1) is 16.7. The summed E-state index contributed by atoms with van der Waals surface area (Å²) in [4.78, 5) is 36.9. The number of nitro groups is 1. The second-order valence-corrected chi connectivity index (χ2v) is 7.88. The molecule has 0 fully saturated rings. The van der Waals surface area contributed by atoms with Crippen LogP contribution in [0.5, 0.6) is 11.5 Å². The molecule has 35 heavy (non-hydrogen) atoms. The van der Waals surface area contributed by atoms with Gasteiger partial charge in [0.2, 0.25) is 0 Å². The topological polar surface area (TPSA) is 120 Å². The largest absolute Gasteiger partial charge is 0.496 e. The van der Waals surface area contributed by atoms with Gasteiger partial charge in [0.25, 0.3) is 17.5 Å². The summed E-state index contributed by atoms with van der Waals surface area (Å²) in [5.41, 5.74) is 0.251. The van der Waals surface area contributed by atoms with Crippen molar-refractivity contribution in [3.63, 3.8) is 0 Å². The van der Waals surface area contributed by atoms with Crippen LogP contribution >= 0.6 is 23.2 Å². The van der Waals surface area contributed by atoms with Gasteiger partial charge in [-0.2, -0.15) is 0 Å². The number of hydrogen-bond donors (Lipinski definition) is 2. The summed E-state index contributed by atoms with van der Waals surface area (Å²) in [5, 5.41) is 17.0. The summed E-state index contributed by atoms with van der Waals surface area (Å²) in [5.74, 6) is -0.848. The molecule has 11 heteroatoms. The fourth-order valence-corrected chi connectivity index (χ4v) is 3.41. The van der Waals surface area contributed by atoms with E-state index in [1.165, 1.54) is 56.7 Å². The molecule has 9 nitrogen and oxygen atoms in total. The highest BCUT2D eigenvalue weighted by atomic mass is 35.5. The molecule has 0 aromatic heterocycles. The van der Waals surface area contributed by atoms with E-state index in [9.17, 15) is 19.7 Å². The van der Waals surface area contributed by atoms with Crippen LogP contribution in [0.3, 0.4) is 0 Å². The molecule has 0 saturated heterocycles. The number of nitrogens with zero attached hydrogens (tertiary/aromatic N) is 1. The Morgan fingerprint density at radius 3 is 2.26 bits per heavy atom. The molecular weight excluding hydrogens is 497 g/mol. The number of ether oxygens (including phenoxy) is 2. The minimum atomic E-state index is -0.730. The molecule has 0 bridgehead atoms. The van der Waals surface area contributed by atoms with Crippen LogP contribution in [-0.2, 0) is 4.79 Å². The molecule has 3 aromatic carbocycles. The van der Waals surface area contributed by atoms with Gasteiger partial charge in [0, 0.05) is 22.2 Å². The third-order valence-electron chi connectivity index (χ3n) is 4.70. The Labute approximate surface area is 210 Å². The average Bonchev–Trinajstić information content (AvgIpc) is 2.83. The van der Waals surface area contributed by atoms with Crippen molar-refractivity contribution in [1.82, 2.24) is 5.32 Å². The molecular formula is C24H19Cl2N3O6. The van der Waals surface area contributed by atoms with E-state index < -0.39 is 16.7 Å². The molecule has 2 amide bonds. The number of methoxy groups -OCH3 is 2. The van der Waals surface area contributed by atoms with Crippen molar-refractivity contribution in [2.75, 3.05) is 19.5 Å². The lowest BCUT2D eigenvalue weighted by Crippen LogP contribution is -2.31. The molecule has 0 aliphatic carbocycles. The zero-order valence-electron chi connectivity index (χ0n) is 18.5. The maximum Gasteiger partial charge on any atom is 0.272 e. The van der Waals surface area contributed by atoms with E-state index in [2.05, 4.69) is 10.6 Å². The highest BCUT2D eigenvalue weighted by molar-refractivity contribution is 6.31. The zero-order valence-corrected chi connectivity index (χ0v) is 20.0. The molecule has 0 saturated carbocycles. The summed E-state index contributed by atoms with van der Waals surface area (Å²) in [7, 11) is 2.81. The number of carbonyl (C=O) groups excluding carboxylic acids is 2. The van der Waals surface area contributed by atoms with Crippen LogP contribution in [0.2, 0.25) is 10.0 Å². The smallest absolute Gasteiger partial charge is 0.272 e. The molecule has 0 aliphatic rings. The van der Waals surface area contributed by atoms with Crippen LogP contribution in [0.4, 0.5) is 11.4 Å². The summed E-state index contributed by atoms with van der Waals surface area (Å²) >= 11 is 12.1. The van der Waals surface area contributed by atoms with Gasteiger partial charge in [-0.05, 0) is 48.0 Å². The van der Waals surface area contributed by atoms with E-state index in [0.717, 1.165) is 0 Å². The highest BCUT2D eigenvalue weighted by Gasteiger charge is 2.20. The Bertz CT molecular complexity index is 1330. The number of carbonyl (C=O) groups is 2. The Kier molecular flexibility index (Phi) is 8.30. The van der Waals surface area contributed by atoms with Gasteiger partial charge in [0.15, 0.2) is 0 Å². The van der Waals surface area contributed by atoms with E-state index in [1.54, 1.807) is 24.3 Å². The van der Waals surface area contributed by atoms with Crippen LogP contribution in [0.25, 0.3) is 6.08 Å². The van der Waals surface area contributed by atoms with Gasteiger partial charge in [0.05, 0.1) is 30.4 Å². The summed E-state index contributed by atoms with van der Waals surface area (Å²) < 4.78 is 10.5. The second kappa shape index (κ2) is 11.4. The third kappa shape index (κ3) is 6.50. The minimum Gasteiger partial charge on any atom is -0.496 e. The molecule has 3 aromatic rings. The number of non-ortho nitro benzene ring substituents is 1. The Balaban J connectivity index is 2.02. The van der Waals surface area contributed by atoms with Gasteiger partial charge in [-0.25, -0.2) is 0 Å². The molecule has 0 heterocycles. The lowest BCUT2D eigenvalue weighted by Gasteiger charge is -2.15. The first kappa shape index (κ1) is 25.5. The minimum absolute atomic E-state index is 0.0816. The summed E-state index contributed by atoms with van der Waals surface area (Å²) in [6, 6.07) is 14.7. The van der Waals surface area contributed by atoms with Crippen molar-refractivity contribution in [3.05, 3.63) is 97.6 Å². The van der Waals surface area contributed by atoms with E-state index in [-0.39, 0.29) is 33.4 Å². The van der Waals surface area contributed by atoms with E-state index >= 15 is 0 Å². The van der Waals surface area contributed by atoms with Crippen LogP contribution in [0, 0.1) is 10.1 Å². The lowest BCUT2D eigenvalue weighted by atomic mass is 10.1. The van der Waals surface area contributed by atoms with Crippen molar-refractivity contribution in [2.45, 2.75) is 0 Å². The normalized spacial score (nSPS) is 10.9. The van der Waals surface area contributed by atoms with E-state index in [1.807, 2.05) is 0 Å². The van der Waals surface area contributed by atoms with E-state index in [0.29, 0.717) is 16.3 Å². The number of benzene rings is 3. The van der Waals surface area contributed by atoms with Crippen LogP contribution in [0.15, 0.2) is 66.4 Å². The standard InChI is InChI=1S/C24H19Cl2N3O6/c1-34-21-8-6-15(25)12-18(21)23(30)28-20(11-14-4-3-5-17(10-14)29(32)33)24(31)27-19-13-16(26)7-9-22(19)35-2/h3-13H,1-2H3,(H,27,31)(H,28,30). The van der Waals surface area contributed by atoms with Crippen molar-refractivity contribution < 1.29 is 24.0 Å². The fraction of sp³-hybridized carbons (Fsp3) is 0.0833. The number of halogens is 2. The Morgan fingerprint density at radius 2 is 1.60 bits per heavy atom. The van der Waals surface area contributed by atoms with Crippen LogP contribution in [0.1, 0.15) is 15.9 Å². The molecule has 0 aliphatic heterocycles. The van der Waals surface area contributed by atoms with Crippen LogP contribution in [-0.4, -0.2) is 31.0 Å². The molecule has 3 rings (SSSR count). The molecule has 0 atom stereocenters. The summed E-state index contributed by atoms with van der Waals surface area (Å²) in [6.07, 6.45) is 1.30. The predicted molar refractivity (Wildman–Crippen MR) is 133 cm³/mol. The molecule has 0 unspecified atom stereocenters. The Hall–Kier alpha value is -4.08. The zero-order chi connectivity index (χ0) is 25.5.